The number of hydrogen-bond donors (Lipinski definition) is 1. The molecule has 166 valence electrons. The molecule has 4 rings (SSSR count). The zero-order valence-electron chi connectivity index (χ0n) is 18.2. The Morgan fingerprint density at radius 2 is 1.76 bits per heavy atom. The summed E-state index contributed by atoms with van der Waals surface area (Å²) in [6, 6.07) is 21.2. The van der Waals surface area contributed by atoms with Gasteiger partial charge in [0.05, 0.1) is 29.6 Å². The molecule has 7 nitrogen and oxygen atoms in total. The van der Waals surface area contributed by atoms with Crippen molar-refractivity contribution in [3.63, 3.8) is 0 Å². The molecule has 3 aromatic rings. The molecule has 1 aliphatic heterocycles. The van der Waals surface area contributed by atoms with Crippen molar-refractivity contribution in [3.8, 4) is 11.5 Å². The SMILES string of the molecule is COc1cc(C=C2C(=O)N(c3ccccc3)N=C2C)ccc1OCc1ccc(C(=O)O)cc1. The first-order valence-electron chi connectivity index (χ1n) is 10.3. The standard InChI is InChI=1S/C26H22N2O5/c1-17-22(25(29)28(27-17)21-6-4-3-5-7-21)14-19-10-13-23(24(15-19)32-2)33-16-18-8-11-20(12-9-18)26(30)31/h3-15H,16H2,1-2H3,(H,30,31). The Morgan fingerprint density at radius 1 is 1.03 bits per heavy atom. The van der Waals surface area contributed by atoms with Gasteiger partial charge in [-0.1, -0.05) is 36.4 Å². The molecule has 1 amide bonds. The summed E-state index contributed by atoms with van der Waals surface area (Å²) < 4.78 is 11.3. The fraction of sp³-hybridized carbons (Fsp3) is 0.115. The number of carboxylic acid groups (broad SMARTS) is 1. The Balaban J connectivity index is 1.51. The molecule has 0 atom stereocenters. The molecule has 7 heteroatoms. The van der Waals surface area contributed by atoms with E-state index in [2.05, 4.69) is 5.10 Å². The Labute approximate surface area is 191 Å². The largest absolute Gasteiger partial charge is 0.493 e. The van der Waals surface area contributed by atoms with Gasteiger partial charge in [-0.15, -0.1) is 0 Å². The lowest BCUT2D eigenvalue weighted by atomic mass is 10.1. The molecule has 0 fully saturated rings. The number of carbonyl (C=O) groups is 2. The van der Waals surface area contributed by atoms with Gasteiger partial charge < -0.3 is 14.6 Å². The monoisotopic (exact) mass is 442 g/mol. The van der Waals surface area contributed by atoms with Crippen molar-refractivity contribution in [2.24, 2.45) is 5.10 Å². The first-order chi connectivity index (χ1) is 16.0. The fourth-order valence-corrected chi connectivity index (χ4v) is 3.39. The van der Waals surface area contributed by atoms with E-state index in [1.165, 1.54) is 17.1 Å². The van der Waals surface area contributed by atoms with Crippen LogP contribution in [0.25, 0.3) is 6.08 Å². The molecule has 33 heavy (non-hydrogen) atoms. The summed E-state index contributed by atoms with van der Waals surface area (Å²) in [5.41, 5.74) is 3.68. The van der Waals surface area contributed by atoms with E-state index < -0.39 is 5.97 Å². The van der Waals surface area contributed by atoms with Crippen LogP contribution in [0.5, 0.6) is 11.5 Å². The third-order valence-corrected chi connectivity index (χ3v) is 5.16. The topological polar surface area (TPSA) is 88.4 Å². The number of hydrogen-bond acceptors (Lipinski definition) is 5. The molecular weight excluding hydrogens is 420 g/mol. The molecular formula is C26H22N2O5. The highest BCUT2D eigenvalue weighted by atomic mass is 16.5. The Bertz CT molecular complexity index is 1250. The number of nitrogens with zero attached hydrogens (tertiary/aromatic N) is 2. The number of carboxylic acids is 1. The number of para-hydroxylation sites is 1. The molecule has 3 aromatic carbocycles. The van der Waals surface area contributed by atoms with Crippen LogP contribution in [0, 0.1) is 0 Å². The molecule has 0 spiro atoms. The maximum atomic E-state index is 12.9. The maximum Gasteiger partial charge on any atom is 0.335 e. The minimum atomic E-state index is -0.971. The van der Waals surface area contributed by atoms with E-state index in [0.29, 0.717) is 28.5 Å². The molecule has 1 aliphatic rings. The summed E-state index contributed by atoms with van der Waals surface area (Å²) in [5.74, 6) is -0.105. The van der Waals surface area contributed by atoms with Gasteiger partial charge in [-0.05, 0) is 60.5 Å². The van der Waals surface area contributed by atoms with E-state index in [4.69, 9.17) is 14.6 Å². The van der Waals surface area contributed by atoms with Crippen molar-refractivity contribution >= 4 is 29.4 Å². The lowest BCUT2D eigenvalue weighted by Gasteiger charge is -2.12. The quantitative estimate of drug-likeness (QED) is 0.532. The van der Waals surface area contributed by atoms with Crippen molar-refractivity contribution in [2.45, 2.75) is 13.5 Å². The van der Waals surface area contributed by atoms with Crippen molar-refractivity contribution in [3.05, 3.63) is 95.1 Å². The number of ether oxygens (including phenoxy) is 2. The van der Waals surface area contributed by atoms with Gasteiger partial charge >= 0.3 is 5.97 Å². The summed E-state index contributed by atoms with van der Waals surface area (Å²) >= 11 is 0. The number of anilines is 1. The van der Waals surface area contributed by atoms with Gasteiger partial charge in [-0.2, -0.15) is 10.1 Å². The van der Waals surface area contributed by atoms with Gasteiger partial charge in [0.2, 0.25) is 0 Å². The van der Waals surface area contributed by atoms with Crippen LogP contribution in [0.1, 0.15) is 28.4 Å². The van der Waals surface area contributed by atoms with Gasteiger partial charge in [0.1, 0.15) is 6.61 Å². The average molecular weight is 442 g/mol. The lowest BCUT2D eigenvalue weighted by Crippen LogP contribution is -2.21. The van der Waals surface area contributed by atoms with Gasteiger partial charge in [-0.25, -0.2) is 4.79 Å². The van der Waals surface area contributed by atoms with Crippen LogP contribution in [0.3, 0.4) is 0 Å². The van der Waals surface area contributed by atoms with E-state index >= 15 is 0 Å². The first kappa shape index (κ1) is 21.8. The zero-order valence-corrected chi connectivity index (χ0v) is 18.2. The summed E-state index contributed by atoms with van der Waals surface area (Å²) in [4.78, 5) is 23.9. The second kappa shape index (κ2) is 9.40. The van der Waals surface area contributed by atoms with Crippen LogP contribution < -0.4 is 14.5 Å². The number of rotatable bonds is 7. The lowest BCUT2D eigenvalue weighted by molar-refractivity contribution is -0.114. The third-order valence-electron chi connectivity index (χ3n) is 5.16. The molecule has 0 unspecified atom stereocenters. The Morgan fingerprint density at radius 3 is 2.42 bits per heavy atom. The van der Waals surface area contributed by atoms with Crippen LogP contribution >= 0.6 is 0 Å². The number of methoxy groups -OCH3 is 1. The zero-order chi connectivity index (χ0) is 23.4. The van der Waals surface area contributed by atoms with Crippen molar-refractivity contribution < 1.29 is 24.2 Å². The third kappa shape index (κ3) is 4.77. The minimum absolute atomic E-state index is 0.192. The minimum Gasteiger partial charge on any atom is -0.493 e. The van der Waals surface area contributed by atoms with E-state index in [9.17, 15) is 9.59 Å². The van der Waals surface area contributed by atoms with E-state index in [0.717, 1.165) is 11.1 Å². The molecule has 0 aromatic heterocycles. The van der Waals surface area contributed by atoms with Crippen LogP contribution in [0.4, 0.5) is 5.69 Å². The van der Waals surface area contributed by atoms with Crippen LogP contribution in [-0.4, -0.2) is 29.8 Å². The number of aromatic carboxylic acids is 1. The Hall–Kier alpha value is -4.39. The second-order valence-corrected chi connectivity index (χ2v) is 7.40. The highest BCUT2D eigenvalue weighted by Gasteiger charge is 2.28. The molecule has 0 bridgehead atoms. The van der Waals surface area contributed by atoms with Gasteiger partial charge in [-0.3, -0.25) is 4.79 Å². The normalized spacial score (nSPS) is 14.4. The number of carbonyl (C=O) groups excluding carboxylic acids is 1. The van der Waals surface area contributed by atoms with Gasteiger partial charge in [0, 0.05) is 0 Å². The fourth-order valence-electron chi connectivity index (χ4n) is 3.39. The van der Waals surface area contributed by atoms with Gasteiger partial charge in [0.15, 0.2) is 11.5 Å². The molecule has 1 heterocycles. The van der Waals surface area contributed by atoms with Crippen molar-refractivity contribution in [2.75, 3.05) is 12.1 Å². The van der Waals surface area contributed by atoms with Crippen molar-refractivity contribution in [1.29, 1.82) is 0 Å². The predicted molar refractivity (Wildman–Crippen MR) is 126 cm³/mol. The van der Waals surface area contributed by atoms with E-state index in [1.807, 2.05) is 36.4 Å². The number of hydrazone groups is 1. The molecule has 0 saturated heterocycles. The smallest absolute Gasteiger partial charge is 0.335 e. The molecule has 1 N–H and O–H groups in total. The molecule has 0 radical (unpaired) electrons. The number of amides is 1. The van der Waals surface area contributed by atoms with Crippen molar-refractivity contribution in [1.82, 2.24) is 0 Å². The number of benzene rings is 3. The highest BCUT2D eigenvalue weighted by molar-refractivity contribution is 6.32. The average Bonchev–Trinajstić information content (AvgIpc) is 3.12. The second-order valence-electron chi connectivity index (χ2n) is 7.40. The van der Waals surface area contributed by atoms with Crippen LogP contribution in [-0.2, 0) is 11.4 Å². The maximum absolute atomic E-state index is 12.9. The summed E-state index contributed by atoms with van der Waals surface area (Å²) in [7, 11) is 1.55. The predicted octanol–water partition coefficient (Wildman–Crippen LogP) is 4.78. The highest BCUT2D eigenvalue weighted by Crippen LogP contribution is 2.31. The van der Waals surface area contributed by atoms with Crippen LogP contribution in [0.15, 0.2) is 83.5 Å². The Kier molecular flexibility index (Phi) is 6.22. The van der Waals surface area contributed by atoms with E-state index in [-0.39, 0.29) is 18.1 Å². The summed E-state index contributed by atoms with van der Waals surface area (Å²) in [6.45, 7) is 2.06. The summed E-state index contributed by atoms with van der Waals surface area (Å²) in [6.07, 6.45) is 1.78. The van der Waals surface area contributed by atoms with Crippen LogP contribution in [0.2, 0.25) is 0 Å². The van der Waals surface area contributed by atoms with Gasteiger partial charge in [0.25, 0.3) is 5.91 Å². The molecule has 0 aliphatic carbocycles. The molecule has 0 saturated carbocycles. The summed E-state index contributed by atoms with van der Waals surface area (Å²) in [5, 5.41) is 14.8. The first-order valence-corrected chi connectivity index (χ1v) is 10.3. The van der Waals surface area contributed by atoms with E-state index in [1.54, 1.807) is 44.4 Å².